The zero-order valence-corrected chi connectivity index (χ0v) is 30.7. The summed E-state index contributed by atoms with van der Waals surface area (Å²) in [4.78, 5) is 92.7. The van der Waals surface area contributed by atoms with Crippen molar-refractivity contribution in [3.63, 3.8) is 0 Å². The zero-order valence-electron chi connectivity index (χ0n) is 30.7. The van der Waals surface area contributed by atoms with Crippen molar-refractivity contribution >= 4 is 70.1 Å². The molecule has 7 N–H and O–H groups in total. The molecule has 6 amide bonds. The van der Waals surface area contributed by atoms with E-state index in [1.54, 1.807) is 36.4 Å². The number of ether oxygens (including phenoxy) is 1. The number of esters is 1. The molecule has 0 heterocycles. The van der Waals surface area contributed by atoms with E-state index >= 15 is 0 Å². The number of methoxy groups -OCH3 is 1. The minimum atomic E-state index is -1.25. The third-order valence-corrected chi connectivity index (χ3v) is 6.83. The molecule has 0 aromatic heterocycles. The van der Waals surface area contributed by atoms with Gasteiger partial charge in [0.1, 0.15) is 12.1 Å². The molecule has 51 heavy (non-hydrogen) atoms. The number of carboxylic acid groups (broad SMARTS) is 1. The van der Waals surface area contributed by atoms with Gasteiger partial charge >= 0.3 is 35.6 Å². The smallest absolute Gasteiger partial charge is 0.328 e. The van der Waals surface area contributed by atoms with E-state index in [1.807, 2.05) is 41.5 Å². The van der Waals surface area contributed by atoms with Gasteiger partial charge < -0.3 is 41.7 Å². The maximum absolute atomic E-state index is 12.2. The first-order chi connectivity index (χ1) is 23.4. The molecule has 2 atom stereocenters. The standard InChI is InChI=1S/C18H25N3O5.C17H23N3O5/c1-10(17(25)26-6)19-15(23)16(24)21-14-9-12(20-11(2)22)7-8-13(14)18(3,4)5;1-9(16(24)25)18-14(22)15(23)20-13-8-11(19-10(2)21)6-7-12(13)17(3,4)5/h7-10H,1-6H3,(H,19,23)(H,20,22)(H,21,24);6-9H,1-5H3,(H,18,22)(H,19,21)(H,20,23)(H,24,25). The summed E-state index contributed by atoms with van der Waals surface area (Å²) in [5, 5.41) is 23.4. The van der Waals surface area contributed by atoms with Crippen molar-refractivity contribution in [3.05, 3.63) is 47.5 Å². The van der Waals surface area contributed by atoms with Crippen LogP contribution >= 0.6 is 0 Å². The van der Waals surface area contributed by atoms with Crippen LogP contribution in [0.4, 0.5) is 22.7 Å². The van der Waals surface area contributed by atoms with Crippen LogP contribution in [-0.2, 0) is 53.9 Å². The van der Waals surface area contributed by atoms with Crippen LogP contribution in [0.2, 0.25) is 0 Å². The van der Waals surface area contributed by atoms with Gasteiger partial charge in [-0.1, -0.05) is 53.7 Å². The maximum atomic E-state index is 12.2. The molecule has 0 bridgehead atoms. The topological polar surface area (TPSA) is 238 Å². The molecule has 0 aliphatic rings. The molecule has 0 radical (unpaired) electrons. The number of rotatable bonds is 8. The second kappa shape index (κ2) is 18.3. The van der Waals surface area contributed by atoms with Crippen molar-refractivity contribution in [3.8, 4) is 0 Å². The van der Waals surface area contributed by atoms with Crippen LogP contribution in [0.1, 0.15) is 80.4 Å². The Bertz CT molecular complexity index is 1670. The molecular weight excluding hydrogens is 664 g/mol. The monoisotopic (exact) mass is 712 g/mol. The van der Waals surface area contributed by atoms with Gasteiger partial charge in [0.05, 0.1) is 7.11 Å². The summed E-state index contributed by atoms with van der Waals surface area (Å²) < 4.78 is 4.50. The summed E-state index contributed by atoms with van der Waals surface area (Å²) in [5.41, 5.74) is 2.62. The minimum Gasteiger partial charge on any atom is -0.480 e. The predicted molar refractivity (Wildman–Crippen MR) is 191 cm³/mol. The number of anilines is 4. The fraction of sp³-hybridized carbons (Fsp3) is 0.429. The summed E-state index contributed by atoms with van der Waals surface area (Å²) >= 11 is 0. The van der Waals surface area contributed by atoms with Gasteiger partial charge in [0.25, 0.3) is 0 Å². The summed E-state index contributed by atoms with van der Waals surface area (Å²) in [6, 6.07) is 7.93. The van der Waals surface area contributed by atoms with E-state index in [2.05, 4.69) is 36.6 Å². The molecule has 2 aromatic carbocycles. The Hall–Kier alpha value is -5.80. The number of carboxylic acids is 1. The maximum Gasteiger partial charge on any atom is 0.328 e. The Morgan fingerprint density at radius 1 is 0.588 bits per heavy atom. The third kappa shape index (κ3) is 14.3. The Morgan fingerprint density at radius 3 is 1.24 bits per heavy atom. The summed E-state index contributed by atoms with van der Waals surface area (Å²) in [5.74, 6) is -6.36. The highest BCUT2D eigenvalue weighted by molar-refractivity contribution is 6.40. The number of amides is 6. The number of carbonyl (C=O) groups is 8. The van der Waals surface area contributed by atoms with Crippen LogP contribution in [0, 0.1) is 0 Å². The first-order valence-electron chi connectivity index (χ1n) is 15.8. The second-order valence-electron chi connectivity index (χ2n) is 13.5. The van der Waals surface area contributed by atoms with Crippen LogP contribution in [0.3, 0.4) is 0 Å². The first kappa shape index (κ1) is 43.2. The van der Waals surface area contributed by atoms with E-state index in [9.17, 15) is 38.4 Å². The quantitative estimate of drug-likeness (QED) is 0.156. The lowest BCUT2D eigenvalue weighted by Crippen LogP contribution is -2.44. The van der Waals surface area contributed by atoms with Crippen molar-refractivity contribution in [2.24, 2.45) is 0 Å². The zero-order chi connectivity index (χ0) is 39.4. The molecule has 278 valence electrons. The highest BCUT2D eigenvalue weighted by atomic mass is 16.5. The molecule has 0 aliphatic heterocycles. The van der Waals surface area contributed by atoms with Crippen LogP contribution in [-0.4, -0.2) is 71.7 Å². The molecule has 0 fully saturated rings. The van der Waals surface area contributed by atoms with Crippen molar-refractivity contribution in [2.75, 3.05) is 28.4 Å². The number of hydrogen-bond donors (Lipinski definition) is 7. The highest BCUT2D eigenvalue weighted by Gasteiger charge is 2.26. The molecule has 2 unspecified atom stereocenters. The van der Waals surface area contributed by atoms with Gasteiger partial charge in [-0.25, -0.2) is 4.79 Å². The fourth-order valence-electron chi connectivity index (χ4n) is 4.35. The molecule has 0 saturated carbocycles. The molecular formula is C35H48N6O10. The number of benzene rings is 2. The van der Waals surface area contributed by atoms with Gasteiger partial charge in [0.2, 0.25) is 11.8 Å². The minimum absolute atomic E-state index is 0.254. The highest BCUT2D eigenvalue weighted by Crippen LogP contribution is 2.33. The lowest BCUT2D eigenvalue weighted by molar-refractivity contribution is -0.145. The number of carbonyl (C=O) groups excluding carboxylic acids is 7. The molecule has 0 aliphatic carbocycles. The average Bonchev–Trinajstić information content (AvgIpc) is 2.99. The van der Waals surface area contributed by atoms with E-state index in [4.69, 9.17) is 5.11 Å². The Labute approximate surface area is 296 Å². The third-order valence-electron chi connectivity index (χ3n) is 6.83. The molecule has 16 heteroatoms. The molecule has 0 saturated heterocycles. The Balaban J connectivity index is 0.000000510. The van der Waals surface area contributed by atoms with Crippen molar-refractivity contribution in [2.45, 2.75) is 92.2 Å². The van der Waals surface area contributed by atoms with Crippen molar-refractivity contribution in [1.82, 2.24) is 10.6 Å². The Kier molecular flexibility index (Phi) is 15.5. The summed E-state index contributed by atoms with van der Waals surface area (Å²) in [6.07, 6.45) is 0. The van der Waals surface area contributed by atoms with Crippen LogP contribution in [0.15, 0.2) is 36.4 Å². The summed E-state index contributed by atoms with van der Waals surface area (Å²) in [7, 11) is 1.19. The average molecular weight is 713 g/mol. The number of nitrogens with one attached hydrogen (secondary N) is 6. The van der Waals surface area contributed by atoms with Gasteiger partial charge in [-0.15, -0.1) is 0 Å². The second-order valence-corrected chi connectivity index (χ2v) is 13.5. The summed E-state index contributed by atoms with van der Waals surface area (Å²) in [6.45, 7) is 17.1. The van der Waals surface area contributed by atoms with Crippen LogP contribution in [0.25, 0.3) is 0 Å². The van der Waals surface area contributed by atoms with Crippen LogP contribution in [0.5, 0.6) is 0 Å². The van der Waals surface area contributed by atoms with Gasteiger partial charge in [-0.3, -0.25) is 33.6 Å². The number of aliphatic carboxylic acids is 1. The van der Waals surface area contributed by atoms with E-state index in [-0.39, 0.29) is 22.6 Å². The van der Waals surface area contributed by atoms with Crippen molar-refractivity contribution in [1.29, 1.82) is 0 Å². The molecule has 2 aromatic rings. The first-order valence-corrected chi connectivity index (χ1v) is 15.8. The van der Waals surface area contributed by atoms with Gasteiger partial charge in [-0.05, 0) is 60.1 Å². The molecule has 16 nitrogen and oxygen atoms in total. The van der Waals surface area contributed by atoms with Gasteiger partial charge in [0.15, 0.2) is 0 Å². The number of hydrogen-bond acceptors (Lipinski definition) is 9. The van der Waals surface area contributed by atoms with E-state index in [0.717, 1.165) is 11.1 Å². The van der Waals surface area contributed by atoms with Gasteiger partial charge in [-0.2, -0.15) is 0 Å². The van der Waals surface area contributed by atoms with Gasteiger partial charge in [0, 0.05) is 36.6 Å². The fourth-order valence-corrected chi connectivity index (χ4v) is 4.35. The van der Waals surface area contributed by atoms with E-state index < -0.39 is 47.7 Å². The normalized spacial score (nSPS) is 12.0. The van der Waals surface area contributed by atoms with E-state index in [1.165, 1.54) is 34.8 Å². The SMILES string of the molecule is CC(=O)Nc1ccc(C(C)(C)C)c(NC(=O)C(=O)NC(C)C(=O)O)c1.COC(=O)C(C)NC(=O)C(=O)Nc1cc(NC(C)=O)ccc1C(C)(C)C. The molecule has 0 spiro atoms. The lowest BCUT2D eigenvalue weighted by atomic mass is 9.85. The molecule has 2 rings (SSSR count). The van der Waals surface area contributed by atoms with E-state index in [0.29, 0.717) is 22.7 Å². The van der Waals surface area contributed by atoms with Crippen molar-refractivity contribution < 1.29 is 48.2 Å². The predicted octanol–water partition coefficient (Wildman–Crippen LogP) is 3.03. The lowest BCUT2D eigenvalue weighted by Gasteiger charge is -2.24. The largest absolute Gasteiger partial charge is 0.480 e. The Morgan fingerprint density at radius 2 is 0.941 bits per heavy atom. The van der Waals surface area contributed by atoms with Crippen LogP contribution < -0.4 is 31.9 Å².